The van der Waals surface area contributed by atoms with Crippen molar-refractivity contribution < 1.29 is 18.9 Å². The van der Waals surface area contributed by atoms with Crippen LogP contribution in [0.2, 0.25) is 0 Å². The monoisotopic (exact) mass is 387 g/mol. The molecule has 1 atom stereocenters. The number of aromatic nitrogens is 3. The third-order valence-electron chi connectivity index (χ3n) is 4.78. The minimum absolute atomic E-state index is 0.120. The first-order valence-corrected chi connectivity index (χ1v) is 8.55. The van der Waals surface area contributed by atoms with Crippen LogP contribution in [0.4, 0.5) is 0 Å². The Morgan fingerprint density at radius 3 is 1.41 bits per heavy atom. The first kappa shape index (κ1) is 23.0. The van der Waals surface area contributed by atoms with Gasteiger partial charge < -0.3 is 18.9 Å². The molecule has 1 heterocycles. The topological polar surface area (TPSA) is 103 Å². The SMILES string of the molecule is C=CC(C)n1c(=O)n(C(CC)(OC)OC)c(=O)n(C(CC)(OC)OC)c1=O. The number of rotatable bonds is 10. The molecule has 27 heavy (non-hydrogen) atoms. The summed E-state index contributed by atoms with van der Waals surface area (Å²) in [6.07, 6.45) is 1.65. The molecule has 154 valence electrons. The molecule has 10 heteroatoms. The van der Waals surface area contributed by atoms with Gasteiger partial charge in [-0.05, 0) is 6.92 Å². The smallest absolute Gasteiger partial charge is 0.336 e. The van der Waals surface area contributed by atoms with E-state index in [9.17, 15) is 14.4 Å². The Morgan fingerprint density at radius 1 is 0.852 bits per heavy atom. The van der Waals surface area contributed by atoms with E-state index in [0.717, 1.165) is 13.7 Å². The van der Waals surface area contributed by atoms with Crippen molar-refractivity contribution in [1.82, 2.24) is 13.7 Å². The van der Waals surface area contributed by atoms with E-state index in [4.69, 9.17) is 18.9 Å². The summed E-state index contributed by atoms with van der Waals surface area (Å²) in [6.45, 7) is 8.57. The zero-order chi connectivity index (χ0) is 21.0. The van der Waals surface area contributed by atoms with Crippen LogP contribution in [-0.4, -0.2) is 42.1 Å². The van der Waals surface area contributed by atoms with Gasteiger partial charge >= 0.3 is 17.1 Å². The quantitative estimate of drug-likeness (QED) is 0.426. The van der Waals surface area contributed by atoms with E-state index in [2.05, 4.69) is 6.58 Å². The van der Waals surface area contributed by atoms with Crippen molar-refractivity contribution in [3.8, 4) is 0 Å². The number of ether oxygens (including phenoxy) is 4. The maximum absolute atomic E-state index is 13.3. The van der Waals surface area contributed by atoms with Crippen LogP contribution in [0, 0.1) is 0 Å². The number of methoxy groups -OCH3 is 4. The van der Waals surface area contributed by atoms with E-state index < -0.39 is 34.9 Å². The van der Waals surface area contributed by atoms with Crippen molar-refractivity contribution in [2.75, 3.05) is 28.4 Å². The molecule has 1 rings (SSSR count). The highest BCUT2D eigenvalue weighted by molar-refractivity contribution is 4.92. The average Bonchev–Trinajstić information content (AvgIpc) is 2.68. The van der Waals surface area contributed by atoms with Crippen LogP contribution in [0.15, 0.2) is 27.0 Å². The maximum Gasteiger partial charge on any atom is 0.345 e. The van der Waals surface area contributed by atoms with E-state index in [0.29, 0.717) is 0 Å². The lowest BCUT2D eigenvalue weighted by molar-refractivity contribution is -0.289. The summed E-state index contributed by atoms with van der Waals surface area (Å²) in [4.78, 5) is 39.5. The Morgan fingerprint density at radius 2 is 1.19 bits per heavy atom. The minimum Gasteiger partial charge on any atom is -0.336 e. The Labute approximate surface area is 157 Å². The molecule has 0 aliphatic rings. The molecular weight excluding hydrogens is 358 g/mol. The molecule has 0 saturated carbocycles. The summed E-state index contributed by atoms with van der Waals surface area (Å²) in [5, 5.41) is 0. The molecule has 0 fully saturated rings. The fourth-order valence-corrected chi connectivity index (χ4v) is 3.02. The molecular formula is C17H29N3O7. The van der Waals surface area contributed by atoms with Crippen molar-refractivity contribution in [3.63, 3.8) is 0 Å². The van der Waals surface area contributed by atoms with Gasteiger partial charge in [0, 0.05) is 41.3 Å². The summed E-state index contributed by atoms with van der Waals surface area (Å²) >= 11 is 0. The van der Waals surface area contributed by atoms with Gasteiger partial charge in [0.05, 0.1) is 6.04 Å². The van der Waals surface area contributed by atoms with Crippen LogP contribution >= 0.6 is 0 Å². The lowest BCUT2D eigenvalue weighted by atomic mass is 10.3. The number of hydrogen-bond acceptors (Lipinski definition) is 7. The summed E-state index contributed by atoms with van der Waals surface area (Å²) in [7, 11) is 5.20. The summed E-state index contributed by atoms with van der Waals surface area (Å²) in [6, 6.07) is -0.713. The molecule has 0 saturated heterocycles. The van der Waals surface area contributed by atoms with Gasteiger partial charge in [-0.1, -0.05) is 19.9 Å². The lowest BCUT2D eigenvalue weighted by Crippen LogP contribution is -2.65. The molecule has 0 amide bonds. The predicted octanol–water partition coefficient (Wildman–Crippen LogP) is 0.545. The first-order valence-electron chi connectivity index (χ1n) is 8.55. The zero-order valence-electron chi connectivity index (χ0n) is 17.0. The fraction of sp³-hybridized carbons (Fsp3) is 0.706. The molecule has 0 aliphatic carbocycles. The second-order valence-corrected chi connectivity index (χ2v) is 5.81. The van der Waals surface area contributed by atoms with Gasteiger partial charge in [0.25, 0.3) is 11.8 Å². The van der Waals surface area contributed by atoms with E-state index in [-0.39, 0.29) is 12.8 Å². The highest BCUT2D eigenvalue weighted by Gasteiger charge is 2.41. The fourth-order valence-electron chi connectivity index (χ4n) is 3.02. The molecule has 0 bridgehead atoms. The van der Waals surface area contributed by atoms with Crippen molar-refractivity contribution in [2.24, 2.45) is 0 Å². The second-order valence-electron chi connectivity index (χ2n) is 5.81. The summed E-state index contributed by atoms with van der Waals surface area (Å²) in [5.74, 6) is -3.43. The molecule has 10 nitrogen and oxygen atoms in total. The number of allylic oxidation sites excluding steroid dienone is 1. The Hall–Kier alpha value is -2.01. The van der Waals surface area contributed by atoms with Crippen LogP contribution in [0.3, 0.4) is 0 Å². The van der Waals surface area contributed by atoms with Crippen LogP contribution in [0.25, 0.3) is 0 Å². The standard InChI is InChI=1S/C17H29N3O7/c1-9-12(4)18-13(21)19(16(10-2,24-5)25-6)15(23)20(14(18)22)17(11-3,26-7)27-8/h9,12H,1,10-11H2,2-8H3. The predicted molar refractivity (Wildman–Crippen MR) is 98.7 cm³/mol. The van der Waals surface area contributed by atoms with Gasteiger partial charge in [-0.3, -0.25) is 0 Å². The van der Waals surface area contributed by atoms with Crippen LogP contribution < -0.4 is 17.1 Å². The molecule has 1 aromatic rings. The zero-order valence-corrected chi connectivity index (χ0v) is 17.0. The van der Waals surface area contributed by atoms with Gasteiger partial charge in [0.15, 0.2) is 0 Å². The van der Waals surface area contributed by atoms with E-state index >= 15 is 0 Å². The van der Waals surface area contributed by atoms with Crippen molar-refractivity contribution in [3.05, 3.63) is 44.1 Å². The number of hydrogen-bond donors (Lipinski definition) is 0. The van der Waals surface area contributed by atoms with Crippen LogP contribution in [-0.2, 0) is 30.8 Å². The lowest BCUT2D eigenvalue weighted by Gasteiger charge is -2.35. The highest BCUT2D eigenvalue weighted by Crippen LogP contribution is 2.22. The maximum atomic E-state index is 13.3. The van der Waals surface area contributed by atoms with E-state index in [1.165, 1.54) is 34.5 Å². The molecule has 0 aliphatic heterocycles. The normalized spacial score (nSPS) is 13.6. The third kappa shape index (κ3) is 3.45. The average molecular weight is 387 g/mol. The largest absolute Gasteiger partial charge is 0.345 e. The van der Waals surface area contributed by atoms with Crippen molar-refractivity contribution in [2.45, 2.75) is 51.5 Å². The molecule has 1 unspecified atom stereocenters. The third-order valence-corrected chi connectivity index (χ3v) is 4.78. The van der Waals surface area contributed by atoms with Gasteiger partial charge in [-0.25, -0.2) is 19.0 Å². The van der Waals surface area contributed by atoms with Crippen LogP contribution in [0.1, 0.15) is 39.7 Å². The van der Waals surface area contributed by atoms with Crippen molar-refractivity contribution >= 4 is 0 Å². The molecule has 0 N–H and O–H groups in total. The Bertz CT molecular complexity index is 754. The Balaban J connectivity index is 4.30. The van der Waals surface area contributed by atoms with Crippen LogP contribution in [0.5, 0.6) is 0 Å². The second kappa shape index (κ2) is 8.79. The van der Waals surface area contributed by atoms with Gasteiger partial charge in [0.1, 0.15) is 0 Å². The van der Waals surface area contributed by atoms with Crippen molar-refractivity contribution in [1.29, 1.82) is 0 Å². The minimum atomic E-state index is -1.72. The summed E-state index contributed by atoms with van der Waals surface area (Å²) in [5.41, 5.74) is -2.76. The molecule has 0 aromatic carbocycles. The van der Waals surface area contributed by atoms with Gasteiger partial charge in [-0.2, -0.15) is 9.13 Å². The van der Waals surface area contributed by atoms with E-state index in [1.807, 2.05) is 0 Å². The highest BCUT2D eigenvalue weighted by atomic mass is 16.7. The van der Waals surface area contributed by atoms with E-state index in [1.54, 1.807) is 20.8 Å². The van der Waals surface area contributed by atoms with Gasteiger partial charge in [0.2, 0.25) is 0 Å². The first-order chi connectivity index (χ1) is 12.7. The molecule has 0 radical (unpaired) electrons. The number of nitrogens with zero attached hydrogens (tertiary/aromatic N) is 3. The molecule has 1 aromatic heterocycles. The summed E-state index contributed by atoms with van der Waals surface area (Å²) < 4.78 is 23.8. The Kier molecular flexibility index (Phi) is 7.49. The van der Waals surface area contributed by atoms with Gasteiger partial charge in [-0.15, -0.1) is 6.58 Å². The molecule has 0 spiro atoms.